The Hall–Kier alpha value is -1.75. The topological polar surface area (TPSA) is 40.6 Å². The molecule has 0 N–H and O–H groups in total. The van der Waals surface area contributed by atoms with Gasteiger partial charge in [0.1, 0.15) is 32.9 Å². The maximum absolute atomic E-state index is 14.2. The van der Waals surface area contributed by atoms with E-state index in [0.717, 1.165) is 5.69 Å². The van der Waals surface area contributed by atoms with Crippen molar-refractivity contribution in [1.82, 2.24) is 0 Å². The van der Waals surface area contributed by atoms with E-state index in [2.05, 4.69) is 93.1 Å². The van der Waals surface area contributed by atoms with Crippen LogP contribution in [0.15, 0.2) is 36.4 Å². The summed E-state index contributed by atoms with van der Waals surface area (Å²) in [7, 11) is -7.47. The molecule has 0 atom stereocenters. The molecule has 4 nitrogen and oxygen atoms in total. The molecule has 1 aliphatic carbocycles. The van der Waals surface area contributed by atoms with Crippen molar-refractivity contribution in [3.8, 4) is 0 Å². The quantitative estimate of drug-likeness (QED) is 0.313. The van der Waals surface area contributed by atoms with Crippen molar-refractivity contribution in [3.63, 3.8) is 0 Å². The van der Waals surface area contributed by atoms with Crippen LogP contribution in [0.2, 0.25) is 78.6 Å². The smallest absolute Gasteiger partial charge is 0.196 e. The van der Waals surface area contributed by atoms with Gasteiger partial charge in [0.2, 0.25) is 0 Å². The lowest BCUT2D eigenvalue weighted by atomic mass is 9.83. The SMILES string of the molecule is C[Si](C)(C)N(c1ccc2c(c1N([Si](C)(C)C)[Si](C)(C)C)C(=O)c1ccccc1C2=O)[Si](C)(C)C. The summed E-state index contributed by atoms with van der Waals surface area (Å²) in [6.07, 6.45) is 0. The zero-order chi connectivity index (χ0) is 26.0. The third kappa shape index (κ3) is 4.69. The normalized spacial score (nSPS) is 14.6. The highest BCUT2D eigenvalue weighted by molar-refractivity contribution is 7.01. The Labute approximate surface area is 210 Å². The monoisotopic (exact) mass is 526 g/mol. The van der Waals surface area contributed by atoms with E-state index in [1.807, 2.05) is 24.3 Å². The fraction of sp³-hybridized carbons (Fsp3) is 0.462. The van der Waals surface area contributed by atoms with Crippen molar-refractivity contribution in [3.05, 3.63) is 58.7 Å². The number of benzene rings is 2. The van der Waals surface area contributed by atoms with Gasteiger partial charge >= 0.3 is 0 Å². The molecule has 0 heterocycles. The summed E-state index contributed by atoms with van der Waals surface area (Å²) in [6.45, 7) is 28.6. The van der Waals surface area contributed by atoms with Crippen LogP contribution in [0.25, 0.3) is 0 Å². The highest BCUT2D eigenvalue weighted by Gasteiger charge is 2.45. The van der Waals surface area contributed by atoms with E-state index in [-0.39, 0.29) is 11.6 Å². The first-order valence-corrected chi connectivity index (χ1v) is 26.0. The van der Waals surface area contributed by atoms with Crippen LogP contribution in [-0.2, 0) is 0 Å². The molecule has 0 unspecified atom stereocenters. The number of carbonyl (C=O) groups excluding carboxylic acids is 2. The van der Waals surface area contributed by atoms with Crippen LogP contribution in [0.4, 0.5) is 11.4 Å². The number of hydrogen-bond donors (Lipinski definition) is 0. The minimum Gasteiger partial charge on any atom is -0.423 e. The van der Waals surface area contributed by atoms with E-state index in [9.17, 15) is 9.59 Å². The number of rotatable bonds is 6. The summed E-state index contributed by atoms with van der Waals surface area (Å²) in [5.74, 6) is -0.0358. The van der Waals surface area contributed by atoms with Crippen LogP contribution in [0, 0.1) is 0 Å². The largest absolute Gasteiger partial charge is 0.423 e. The average Bonchev–Trinajstić information content (AvgIpc) is 2.62. The molecule has 0 bridgehead atoms. The van der Waals surface area contributed by atoms with Crippen molar-refractivity contribution in [2.45, 2.75) is 78.6 Å². The van der Waals surface area contributed by atoms with E-state index < -0.39 is 32.9 Å². The fourth-order valence-corrected chi connectivity index (χ4v) is 25.7. The highest BCUT2D eigenvalue weighted by Crippen LogP contribution is 2.46. The second-order valence-corrected chi connectivity index (χ2v) is 33.5. The molecule has 184 valence electrons. The van der Waals surface area contributed by atoms with Crippen molar-refractivity contribution in [1.29, 1.82) is 0 Å². The van der Waals surface area contributed by atoms with Crippen LogP contribution in [0.1, 0.15) is 31.8 Å². The Morgan fingerprint density at radius 3 is 1.32 bits per heavy atom. The van der Waals surface area contributed by atoms with Crippen molar-refractivity contribution in [2.75, 3.05) is 8.46 Å². The van der Waals surface area contributed by atoms with Gasteiger partial charge in [-0.1, -0.05) is 103 Å². The van der Waals surface area contributed by atoms with Gasteiger partial charge in [0.25, 0.3) is 0 Å². The van der Waals surface area contributed by atoms with Gasteiger partial charge in [-0.2, -0.15) is 0 Å². The standard InChI is InChI=1S/C26H42N2O2Si4/c1-31(2,3)27(32(4,5)6)22-18-17-21-23(24(22)28(33(7,8)9)34(10,11)12)26(30)20-16-14-13-15-19(20)25(21)29/h13-18H,1-12H3. The van der Waals surface area contributed by atoms with Crippen molar-refractivity contribution >= 4 is 55.9 Å². The summed E-state index contributed by atoms with van der Waals surface area (Å²) in [5.41, 5.74) is 4.47. The van der Waals surface area contributed by atoms with Gasteiger partial charge in [0.15, 0.2) is 11.6 Å². The third-order valence-electron chi connectivity index (χ3n) is 6.19. The van der Waals surface area contributed by atoms with E-state index in [1.54, 1.807) is 6.07 Å². The maximum atomic E-state index is 14.2. The van der Waals surface area contributed by atoms with E-state index in [4.69, 9.17) is 0 Å². The molecule has 0 saturated carbocycles. The zero-order valence-corrected chi connectivity index (χ0v) is 27.2. The van der Waals surface area contributed by atoms with Gasteiger partial charge in [-0.15, -0.1) is 0 Å². The Bertz CT molecular complexity index is 1120. The first-order valence-electron chi connectivity index (χ1n) is 12.2. The molecule has 34 heavy (non-hydrogen) atoms. The van der Waals surface area contributed by atoms with Crippen molar-refractivity contribution < 1.29 is 9.59 Å². The van der Waals surface area contributed by atoms with Crippen LogP contribution in [0.5, 0.6) is 0 Å². The number of fused-ring (bicyclic) bond motifs is 2. The fourth-order valence-electron chi connectivity index (χ4n) is 5.97. The lowest BCUT2D eigenvalue weighted by Gasteiger charge is -2.52. The Balaban J connectivity index is 2.54. The van der Waals surface area contributed by atoms with Gasteiger partial charge < -0.3 is 8.46 Å². The molecule has 2 aromatic rings. The molecule has 8 heteroatoms. The summed E-state index contributed by atoms with van der Waals surface area (Å²) in [6, 6.07) is 11.4. The second-order valence-electron chi connectivity index (χ2n) is 13.4. The van der Waals surface area contributed by atoms with E-state index in [1.165, 1.54) is 5.69 Å². The minimum absolute atomic E-state index is 0.00495. The second kappa shape index (κ2) is 8.43. The predicted molar refractivity (Wildman–Crippen MR) is 158 cm³/mol. The minimum atomic E-state index is -1.93. The van der Waals surface area contributed by atoms with E-state index in [0.29, 0.717) is 22.3 Å². The molecular weight excluding hydrogens is 485 g/mol. The lowest BCUT2D eigenvalue weighted by Crippen LogP contribution is -2.63. The number of ketones is 2. The Morgan fingerprint density at radius 2 is 0.912 bits per heavy atom. The maximum Gasteiger partial charge on any atom is 0.196 e. The van der Waals surface area contributed by atoms with Gasteiger partial charge in [-0.25, -0.2) is 0 Å². The van der Waals surface area contributed by atoms with E-state index >= 15 is 0 Å². The molecule has 0 radical (unpaired) electrons. The molecule has 2 aromatic carbocycles. The molecule has 0 amide bonds. The number of carbonyl (C=O) groups is 2. The molecule has 0 spiro atoms. The summed E-state index contributed by atoms with van der Waals surface area (Å²) in [5, 5.41) is 0. The number of hydrogen-bond acceptors (Lipinski definition) is 4. The first kappa shape index (κ1) is 26.8. The molecule has 0 saturated heterocycles. The zero-order valence-electron chi connectivity index (χ0n) is 23.2. The van der Waals surface area contributed by atoms with Crippen molar-refractivity contribution in [2.24, 2.45) is 0 Å². The summed E-state index contributed by atoms with van der Waals surface area (Å²) < 4.78 is 5.36. The summed E-state index contributed by atoms with van der Waals surface area (Å²) in [4.78, 5) is 27.8. The molecule has 0 fully saturated rings. The van der Waals surface area contributed by atoms with Gasteiger partial charge in [0.05, 0.1) is 11.3 Å². The number of anilines is 2. The Morgan fingerprint density at radius 1 is 0.500 bits per heavy atom. The predicted octanol–water partition coefficient (Wildman–Crippen LogP) is 7.41. The molecule has 3 rings (SSSR count). The first-order chi connectivity index (χ1) is 15.3. The van der Waals surface area contributed by atoms with Crippen LogP contribution in [-0.4, -0.2) is 44.5 Å². The van der Waals surface area contributed by atoms with Crippen LogP contribution < -0.4 is 8.46 Å². The van der Waals surface area contributed by atoms with Gasteiger partial charge in [0, 0.05) is 22.4 Å². The summed E-state index contributed by atoms with van der Waals surface area (Å²) >= 11 is 0. The van der Waals surface area contributed by atoms with Crippen LogP contribution >= 0.6 is 0 Å². The van der Waals surface area contributed by atoms with Gasteiger partial charge in [-0.3, -0.25) is 9.59 Å². The lowest BCUT2D eigenvalue weighted by molar-refractivity contribution is 0.0979. The average molecular weight is 527 g/mol. The molecule has 0 aromatic heterocycles. The highest BCUT2D eigenvalue weighted by atomic mass is 28.4. The third-order valence-corrected chi connectivity index (χ3v) is 20.5. The molecule has 1 aliphatic rings. The van der Waals surface area contributed by atoms with Crippen LogP contribution in [0.3, 0.4) is 0 Å². The molecule has 0 aliphatic heterocycles. The molecular formula is C26H42N2O2Si4. The van der Waals surface area contributed by atoms with Gasteiger partial charge in [-0.05, 0) is 12.1 Å². The Kier molecular flexibility index (Phi) is 6.65. The number of nitrogens with zero attached hydrogens (tertiary/aromatic N) is 2.